The molecular formula is C21H21O10+. The molecule has 1 saturated heterocycles. The number of benzene rings is 2. The minimum Gasteiger partial charge on any atom is -0.508 e. The molecule has 2 aromatic carbocycles. The molecule has 3 aromatic rings. The number of rotatable bonds is 4. The van der Waals surface area contributed by atoms with E-state index < -0.39 is 37.3 Å². The van der Waals surface area contributed by atoms with Gasteiger partial charge in [0, 0.05) is 12.1 Å². The summed E-state index contributed by atoms with van der Waals surface area (Å²) in [6.45, 7) is -0.627. The lowest BCUT2D eigenvalue weighted by molar-refractivity contribution is -0.277. The molecule has 0 spiro atoms. The van der Waals surface area contributed by atoms with Crippen LogP contribution in [-0.4, -0.2) is 73.1 Å². The third-order valence-corrected chi connectivity index (χ3v) is 5.04. The Morgan fingerprint density at radius 2 is 1.58 bits per heavy atom. The van der Waals surface area contributed by atoms with Crippen LogP contribution in [0.5, 0.6) is 23.0 Å². The van der Waals surface area contributed by atoms with Gasteiger partial charge in [0.25, 0.3) is 0 Å². The molecule has 5 atom stereocenters. The Hall–Kier alpha value is -3.15. The van der Waals surface area contributed by atoms with Crippen LogP contribution in [0.3, 0.4) is 0 Å². The Bertz CT molecular complexity index is 1080. The van der Waals surface area contributed by atoms with Gasteiger partial charge in [-0.1, -0.05) is 0 Å². The molecule has 164 valence electrons. The molecule has 0 bridgehead atoms. The van der Waals surface area contributed by atoms with E-state index in [1.165, 1.54) is 36.4 Å². The van der Waals surface area contributed by atoms with E-state index in [0.717, 1.165) is 6.07 Å². The molecule has 0 saturated carbocycles. The molecule has 10 heteroatoms. The molecular weight excluding hydrogens is 412 g/mol. The van der Waals surface area contributed by atoms with Gasteiger partial charge in [-0.15, -0.1) is 0 Å². The lowest BCUT2D eigenvalue weighted by Crippen LogP contribution is -2.60. The fourth-order valence-electron chi connectivity index (χ4n) is 3.38. The Morgan fingerprint density at radius 3 is 2.26 bits per heavy atom. The van der Waals surface area contributed by atoms with Crippen molar-refractivity contribution in [3.05, 3.63) is 42.5 Å². The Balaban J connectivity index is 1.81. The summed E-state index contributed by atoms with van der Waals surface area (Å²) >= 11 is 0. The van der Waals surface area contributed by atoms with Crippen molar-refractivity contribution in [2.75, 3.05) is 6.61 Å². The first-order chi connectivity index (χ1) is 14.8. The summed E-state index contributed by atoms with van der Waals surface area (Å²) in [5.74, 6) is -0.420. The maximum absolute atomic E-state index is 10.3. The Labute approximate surface area is 175 Å². The molecule has 0 amide bonds. The number of aliphatic hydroxyl groups is 4. The number of phenolic OH excluding ortho intramolecular Hbond substituents is 3. The van der Waals surface area contributed by atoms with E-state index >= 15 is 0 Å². The highest BCUT2D eigenvalue weighted by Gasteiger charge is 2.45. The number of fused-ring (bicyclic) bond motifs is 1. The molecule has 1 aliphatic heterocycles. The van der Waals surface area contributed by atoms with Gasteiger partial charge in [-0.05, 0) is 24.3 Å². The van der Waals surface area contributed by atoms with Crippen LogP contribution >= 0.6 is 0 Å². The molecule has 4 rings (SSSR count). The number of hydrogen-bond acceptors (Lipinski definition) is 9. The van der Waals surface area contributed by atoms with Crippen molar-refractivity contribution in [1.29, 1.82) is 0 Å². The summed E-state index contributed by atoms with van der Waals surface area (Å²) < 4.78 is 17.0. The van der Waals surface area contributed by atoms with Crippen LogP contribution in [0.4, 0.5) is 0 Å². The third kappa shape index (κ3) is 3.94. The zero-order valence-electron chi connectivity index (χ0n) is 16.0. The molecule has 31 heavy (non-hydrogen) atoms. The maximum atomic E-state index is 10.3. The van der Waals surface area contributed by atoms with Crippen LogP contribution in [0.25, 0.3) is 22.3 Å². The number of aromatic hydroxyl groups is 3. The van der Waals surface area contributed by atoms with Crippen molar-refractivity contribution in [1.82, 2.24) is 0 Å². The monoisotopic (exact) mass is 433 g/mol. The second-order valence-corrected chi connectivity index (χ2v) is 7.18. The summed E-state index contributed by atoms with van der Waals surface area (Å²) in [4.78, 5) is 0. The van der Waals surface area contributed by atoms with E-state index in [1.54, 1.807) is 0 Å². The van der Waals surface area contributed by atoms with Crippen molar-refractivity contribution in [3.63, 3.8) is 0 Å². The highest BCUT2D eigenvalue weighted by Crippen LogP contribution is 2.40. The highest BCUT2D eigenvalue weighted by molar-refractivity contribution is 5.88. The van der Waals surface area contributed by atoms with E-state index in [9.17, 15) is 35.7 Å². The largest absolute Gasteiger partial charge is 0.508 e. The lowest BCUT2D eigenvalue weighted by atomic mass is 9.99. The average Bonchev–Trinajstić information content (AvgIpc) is 2.74. The topological polar surface area (TPSA) is 171 Å². The van der Waals surface area contributed by atoms with E-state index in [2.05, 4.69) is 0 Å². The zero-order valence-corrected chi connectivity index (χ0v) is 16.0. The molecule has 1 aromatic heterocycles. The number of ether oxygens (including phenoxy) is 2. The van der Waals surface area contributed by atoms with Gasteiger partial charge in [-0.2, -0.15) is 0 Å². The minimum atomic E-state index is -1.66. The molecule has 0 unspecified atom stereocenters. The van der Waals surface area contributed by atoms with Gasteiger partial charge >= 0.3 is 11.3 Å². The smallest absolute Gasteiger partial charge is 0.402 e. The number of hydrogen-bond donors (Lipinski definition) is 7. The van der Waals surface area contributed by atoms with Crippen molar-refractivity contribution in [2.24, 2.45) is 0 Å². The summed E-state index contributed by atoms with van der Waals surface area (Å²) in [5, 5.41) is 69.4. The molecule has 2 heterocycles. The van der Waals surface area contributed by atoms with Crippen molar-refractivity contribution in [3.8, 4) is 34.3 Å². The van der Waals surface area contributed by atoms with Gasteiger partial charge in [-0.3, -0.25) is 0 Å². The predicted molar refractivity (Wildman–Crippen MR) is 105 cm³/mol. The fourth-order valence-corrected chi connectivity index (χ4v) is 3.38. The molecule has 10 nitrogen and oxygen atoms in total. The van der Waals surface area contributed by atoms with E-state index in [0.29, 0.717) is 5.56 Å². The second-order valence-electron chi connectivity index (χ2n) is 7.18. The second kappa shape index (κ2) is 8.17. The fraction of sp³-hybridized carbons (Fsp3) is 0.286. The first-order valence-corrected chi connectivity index (χ1v) is 9.38. The normalized spacial score (nSPS) is 26.1. The highest BCUT2D eigenvalue weighted by atomic mass is 16.7. The molecule has 7 N–H and O–H groups in total. The third-order valence-electron chi connectivity index (χ3n) is 5.04. The van der Waals surface area contributed by atoms with Gasteiger partial charge in [0.1, 0.15) is 47.1 Å². The van der Waals surface area contributed by atoms with Crippen molar-refractivity contribution in [2.45, 2.75) is 30.7 Å². The average molecular weight is 433 g/mol. The summed E-state index contributed by atoms with van der Waals surface area (Å²) in [7, 11) is 0. The van der Waals surface area contributed by atoms with E-state index in [-0.39, 0.29) is 39.7 Å². The van der Waals surface area contributed by atoms with Gasteiger partial charge in [0.2, 0.25) is 12.0 Å². The van der Waals surface area contributed by atoms with Crippen LogP contribution in [0.15, 0.2) is 46.9 Å². The van der Waals surface area contributed by atoms with E-state index in [1.807, 2.05) is 0 Å². The van der Waals surface area contributed by atoms with Crippen LogP contribution in [0.1, 0.15) is 0 Å². The quantitative estimate of drug-likeness (QED) is 0.290. The Kier molecular flexibility index (Phi) is 5.56. The van der Waals surface area contributed by atoms with Crippen LogP contribution in [0, 0.1) is 0 Å². The molecule has 0 radical (unpaired) electrons. The maximum Gasteiger partial charge on any atom is 0.402 e. The molecule has 1 aliphatic rings. The molecule has 1 fully saturated rings. The van der Waals surface area contributed by atoms with Gasteiger partial charge in [0.05, 0.1) is 18.2 Å². The predicted octanol–water partition coefficient (Wildman–Crippen LogP) is 0.676. The first kappa shape index (κ1) is 21.1. The number of aliphatic hydroxyl groups excluding tert-OH is 4. The van der Waals surface area contributed by atoms with Gasteiger partial charge in [0.15, 0.2) is 0 Å². The first-order valence-electron chi connectivity index (χ1n) is 9.38. The van der Waals surface area contributed by atoms with Crippen LogP contribution in [-0.2, 0) is 4.74 Å². The summed E-state index contributed by atoms with van der Waals surface area (Å²) in [5.41, 5.74) is 0.573. The summed E-state index contributed by atoms with van der Waals surface area (Å²) in [6, 6.07) is 9.66. The van der Waals surface area contributed by atoms with Crippen LogP contribution in [0.2, 0.25) is 0 Å². The Morgan fingerprint density at radius 1 is 0.871 bits per heavy atom. The van der Waals surface area contributed by atoms with Gasteiger partial charge in [-0.25, -0.2) is 4.42 Å². The SMILES string of the molecule is OC[C@H]1O[C@@H](Oc2cc3c(O)cc(O)cc3[o+]c2-c2ccc(O)cc2)[C@H](O)[C@H](O)[C@H]1O. The van der Waals surface area contributed by atoms with E-state index in [4.69, 9.17) is 13.9 Å². The van der Waals surface area contributed by atoms with Gasteiger partial charge < -0.3 is 45.2 Å². The minimum absolute atomic E-state index is 0.0104. The van der Waals surface area contributed by atoms with Crippen LogP contribution < -0.4 is 4.74 Å². The molecule has 0 aliphatic carbocycles. The van der Waals surface area contributed by atoms with Crippen molar-refractivity contribution < 1.29 is 49.6 Å². The lowest BCUT2D eigenvalue weighted by Gasteiger charge is -2.39. The standard InChI is InChI=1S/C21H20O10/c22-8-16-17(26)18(27)19(28)21(31-16)30-15-7-12-13(25)5-11(24)6-14(12)29-20(15)9-1-3-10(23)4-2-9/h1-7,16-19,21-22,26-28H,8H2,(H2-,23,24,25)/p+1/t16-,17+,18-,19-,21-/m1/s1. The summed E-state index contributed by atoms with van der Waals surface area (Å²) in [6.07, 6.45) is -7.52. The number of phenols is 3. The zero-order chi connectivity index (χ0) is 22.3. The van der Waals surface area contributed by atoms with Crippen molar-refractivity contribution >= 4 is 11.0 Å².